The Balaban J connectivity index is 1.88. The van der Waals surface area contributed by atoms with Crippen LogP contribution in [0.15, 0.2) is 46.6 Å². The number of ketones is 2. The molecule has 1 amide bonds. The molecule has 0 spiro atoms. The molecule has 10 nitrogen and oxygen atoms in total. The second-order valence-electron chi connectivity index (χ2n) is 8.51. The summed E-state index contributed by atoms with van der Waals surface area (Å²) in [5.74, 6) is -1.40. The Morgan fingerprint density at radius 3 is 2.26 bits per heavy atom. The van der Waals surface area contributed by atoms with Crippen molar-refractivity contribution in [1.82, 2.24) is 0 Å². The molecule has 4 rings (SSSR count). The van der Waals surface area contributed by atoms with Crippen molar-refractivity contribution in [2.45, 2.75) is 27.7 Å². The molecular formula is C28H28N4O6S. The molecule has 0 bridgehead atoms. The number of rotatable bonds is 9. The summed E-state index contributed by atoms with van der Waals surface area (Å²) in [4.78, 5) is 53.8. The van der Waals surface area contributed by atoms with Crippen molar-refractivity contribution in [2.24, 2.45) is 10.2 Å². The Labute approximate surface area is 229 Å². The smallest absolute Gasteiger partial charge is 0.342 e. The van der Waals surface area contributed by atoms with Crippen molar-refractivity contribution in [3.63, 3.8) is 0 Å². The van der Waals surface area contributed by atoms with Gasteiger partial charge in [-0.25, -0.2) is 4.79 Å². The Morgan fingerprint density at radius 2 is 1.67 bits per heavy atom. The van der Waals surface area contributed by atoms with Crippen molar-refractivity contribution in [2.75, 3.05) is 37.0 Å². The van der Waals surface area contributed by atoms with Gasteiger partial charge in [-0.1, -0.05) is 24.3 Å². The van der Waals surface area contributed by atoms with E-state index in [0.717, 1.165) is 17.0 Å². The fraction of sp³-hybridized carbons (Fsp3) is 0.286. The van der Waals surface area contributed by atoms with Crippen molar-refractivity contribution < 1.29 is 28.7 Å². The third kappa shape index (κ3) is 5.17. The minimum atomic E-state index is -0.777. The van der Waals surface area contributed by atoms with Gasteiger partial charge in [0.2, 0.25) is 11.7 Å². The Hall–Kier alpha value is -4.38. The summed E-state index contributed by atoms with van der Waals surface area (Å²) in [6, 6.07) is 9.84. The number of benzene rings is 2. The SMILES string of the molecule is CCOC(=O)c1c(N=Nc2cc(OC)c(N(CC)CC)cc2NC(C)=O)sc2c1C(=O)c1ccccc1C2=O. The van der Waals surface area contributed by atoms with Crippen LogP contribution in [0.5, 0.6) is 5.75 Å². The number of ether oxygens (including phenoxy) is 2. The van der Waals surface area contributed by atoms with Gasteiger partial charge in [0, 0.05) is 37.2 Å². The molecule has 1 aliphatic carbocycles. The van der Waals surface area contributed by atoms with Crippen LogP contribution in [0, 0.1) is 0 Å². The second-order valence-corrected chi connectivity index (χ2v) is 9.50. The second kappa shape index (κ2) is 11.6. The van der Waals surface area contributed by atoms with Gasteiger partial charge in [0.15, 0.2) is 10.8 Å². The summed E-state index contributed by atoms with van der Waals surface area (Å²) in [6.45, 7) is 8.51. The molecule has 2 aromatic carbocycles. The predicted octanol–water partition coefficient (Wildman–Crippen LogP) is 5.93. The summed E-state index contributed by atoms with van der Waals surface area (Å²) in [5, 5.41) is 11.4. The van der Waals surface area contributed by atoms with Gasteiger partial charge in [-0.2, -0.15) is 0 Å². The number of carbonyl (C=O) groups excluding carboxylic acids is 4. The van der Waals surface area contributed by atoms with E-state index in [0.29, 0.717) is 24.5 Å². The summed E-state index contributed by atoms with van der Waals surface area (Å²) >= 11 is 0.897. The number of azo groups is 1. The first kappa shape index (κ1) is 27.6. The average Bonchev–Trinajstić information content (AvgIpc) is 3.32. The maximum Gasteiger partial charge on any atom is 0.342 e. The molecule has 1 aliphatic rings. The fourth-order valence-electron chi connectivity index (χ4n) is 4.40. The van der Waals surface area contributed by atoms with Crippen LogP contribution in [0.1, 0.15) is 69.2 Å². The van der Waals surface area contributed by atoms with Gasteiger partial charge >= 0.3 is 5.97 Å². The Morgan fingerprint density at radius 1 is 1.00 bits per heavy atom. The lowest BCUT2D eigenvalue weighted by atomic mass is 9.87. The average molecular weight is 549 g/mol. The van der Waals surface area contributed by atoms with E-state index < -0.39 is 11.8 Å². The van der Waals surface area contributed by atoms with Gasteiger partial charge in [0.25, 0.3) is 0 Å². The number of carbonyl (C=O) groups is 4. The van der Waals surface area contributed by atoms with E-state index in [9.17, 15) is 19.2 Å². The molecule has 39 heavy (non-hydrogen) atoms. The molecule has 0 aliphatic heterocycles. The van der Waals surface area contributed by atoms with Gasteiger partial charge in [-0.05, 0) is 26.8 Å². The third-order valence-corrected chi connectivity index (χ3v) is 7.25. The van der Waals surface area contributed by atoms with E-state index in [1.165, 1.54) is 14.0 Å². The number of hydrogen-bond donors (Lipinski definition) is 1. The highest BCUT2D eigenvalue weighted by Gasteiger charge is 2.38. The van der Waals surface area contributed by atoms with Crippen LogP contribution in [0.3, 0.4) is 0 Å². The van der Waals surface area contributed by atoms with Gasteiger partial charge in [-0.3, -0.25) is 14.4 Å². The molecule has 202 valence electrons. The standard InChI is InChI=1S/C28H28N4O6S/c1-6-32(7-2)20-13-18(29-15(4)33)19(14-21(20)37-5)30-31-27-23(28(36)38-8-3)22-24(34)16-11-9-10-12-17(16)25(35)26(22)39-27/h9-14H,6-8H2,1-5H3,(H,29,33). The number of methoxy groups -OCH3 is 1. The van der Waals surface area contributed by atoms with Gasteiger partial charge in [-0.15, -0.1) is 21.6 Å². The number of nitrogens with zero attached hydrogens (tertiary/aromatic N) is 3. The molecular weight excluding hydrogens is 520 g/mol. The zero-order chi connectivity index (χ0) is 28.3. The van der Waals surface area contributed by atoms with Crippen molar-refractivity contribution in [3.05, 3.63) is 63.5 Å². The quantitative estimate of drug-likeness (QED) is 0.203. The van der Waals surface area contributed by atoms with Crippen LogP contribution >= 0.6 is 11.3 Å². The normalized spacial score (nSPS) is 12.2. The van der Waals surface area contributed by atoms with Crippen molar-refractivity contribution in [1.29, 1.82) is 0 Å². The fourth-order valence-corrected chi connectivity index (χ4v) is 5.46. The number of amides is 1. The lowest BCUT2D eigenvalue weighted by Crippen LogP contribution is -2.22. The molecule has 0 saturated carbocycles. The summed E-state index contributed by atoms with van der Waals surface area (Å²) in [6.07, 6.45) is 0. The van der Waals surface area contributed by atoms with E-state index in [1.807, 2.05) is 13.8 Å². The Bertz CT molecular complexity index is 1510. The number of nitrogens with one attached hydrogen (secondary N) is 1. The lowest BCUT2D eigenvalue weighted by Gasteiger charge is -2.24. The maximum absolute atomic E-state index is 13.4. The molecule has 0 fully saturated rings. The number of fused-ring (bicyclic) bond motifs is 2. The van der Waals surface area contributed by atoms with Crippen LogP contribution < -0.4 is 15.0 Å². The first-order valence-corrected chi connectivity index (χ1v) is 13.3. The van der Waals surface area contributed by atoms with Crippen LogP contribution in [0.4, 0.5) is 22.1 Å². The minimum absolute atomic E-state index is 0.0346. The molecule has 1 heterocycles. The summed E-state index contributed by atoms with van der Waals surface area (Å²) in [5.41, 5.74) is 1.74. The Kier molecular flexibility index (Phi) is 8.20. The molecule has 11 heteroatoms. The van der Waals surface area contributed by atoms with Gasteiger partial charge in [0.1, 0.15) is 17.0 Å². The van der Waals surface area contributed by atoms with Crippen molar-refractivity contribution in [3.8, 4) is 5.75 Å². The minimum Gasteiger partial charge on any atom is -0.494 e. The number of hydrogen-bond acceptors (Lipinski definition) is 10. The van der Waals surface area contributed by atoms with Gasteiger partial charge in [0.05, 0.1) is 35.5 Å². The zero-order valence-electron chi connectivity index (χ0n) is 22.3. The largest absolute Gasteiger partial charge is 0.494 e. The predicted molar refractivity (Wildman–Crippen MR) is 149 cm³/mol. The van der Waals surface area contributed by atoms with E-state index in [2.05, 4.69) is 20.4 Å². The molecule has 0 atom stereocenters. The highest BCUT2D eigenvalue weighted by atomic mass is 32.1. The van der Waals surface area contributed by atoms with Crippen LogP contribution in [0.2, 0.25) is 0 Å². The topological polar surface area (TPSA) is 127 Å². The monoisotopic (exact) mass is 548 g/mol. The number of thiophene rings is 1. The summed E-state index contributed by atoms with van der Waals surface area (Å²) < 4.78 is 10.8. The molecule has 0 saturated heterocycles. The highest BCUT2D eigenvalue weighted by Crippen LogP contribution is 2.44. The van der Waals surface area contributed by atoms with Crippen LogP contribution in [-0.2, 0) is 9.53 Å². The zero-order valence-corrected chi connectivity index (χ0v) is 23.1. The highest BCUT2D eigenvalue weighted by molar-refractivity contribution is 7.19. The first-order valence-electron chi connectivity index (χ1n) is 12.4. The van der Waals surface area contributed by atoms with E-state index in [1.54, 1.807) is 43.3 Å². The van der Waals surface area contributed by atoms with E-state index in [-0.39, 0.29) is 56.1 Å². The molecule has 3 aromatic rings. The van der Waals surface area contributed by atoms with Crippen LogP contribution in [-0.4, -0.2) is 50.2 Å². The van der Waals surface area contributed by atoms with Gasteiger partial charge < -0.3 is 19.7 Å². The molecule has 1 N–H and O–H groups in total. The molecule has 0 radical (unpaired) electrons. The summed E-state index contributed by atoms with van der Waals surface area (Å²) in [7, 11) is 1.53. The van der Waals surface area contributed by atoms with E-state index in [4.69, 9.17) is 9.47 Å². The van der Waals surface area contributed by atoms with Crippen LogP contribution in [0.25, 0.3) is 0 Å². The lowest BCUT2D eigenvalue weighted by molar-refractivity contribution is -0.114. The number of anilines is 2. The molecule has 0 unspecified atom stereocenters. The molecule has 1 aromatic heterocycles. The van der Waals surface area contributed by atoms with Crippen molar-refractivity contribution >= 4 is 56.8 Å². The third-order valence-electron chi connectivity index (χ3n) is 6.18. The number of esters is 1. The first-order chi connectivity index (χ1) is 18.7. The van der Waals surface area contributed by atoms with E-state index >= 15 is 0 Å². The maximum atomic E-state index is 13.4.